The monoisotopic (exact) mass is 289 g/mol. The van der Waals surface area contributed by atoms with Crippen LogP contribution in [-0.2, 0) is 6.42 Å². The Morgan fingerprint density at radius 2 is 2.30 bits per heavy atom. The van der Waals surface area contributed by atoms with Gasteiger partial charge < -0.3 is 4.52 Å². The zero-order valence-corrected chi connectivity index (χ0v) is 12.3. The van der Waals surface area contributed by atoms with Crippen LogP contribution in [0.1, 0.15) is 54.2 Å². The van der Waals surface area contributed by atoms with Gasteiger partial charge in [0, 0.05) is 17.3 Å². The number of likely N-dealkylation sites (tertiary alicyclic amines) is 1. The number of aromatic nitrogens is 2. The van der Waals surface area contributed by atoms with Crippen molar-refractivity contribution >= 4 is 11.3 Å². The van der Waals surface area contributed by atoms with E-state index in [1.165, 1.54) is 24.1 Å². The van der Waals surface area contributed by atoms with Crippen molar-refractivity contribution in [2.45, 2.75) is 44.1 Å². The SMILES string of the molecule is c1csc(CCN2CCC[C@@H]2c2noc(C3CC3)n2)c1. The van der Waals surface area contributed by atoms with Gasteiger partial charge in [0.2, 0.25) is 5.89 Å². The molecular weight excluding hydrogens is 270 g/mol. The van der Waals surface area contributed by atoms with Crippen LogP contribution in [0.2, 0.25) is 0 Å². The first-order chi connectivity index (χ1) is 9.90. The van der Waals surface area contributed by atoms with E-state index in [4.69, 9.17) is 4.52 Å². The van der Waals surface area contributed by atoms with E-state index in [2.05, 4.69) is 32.6 Å². The van der Waals surface area contributed by atoms with Gasteiger partial charge >= 0.3 is 0 Å². The Kier molecular flexibility index (Phi) is 3.32. The van der Waals surface area contributed by atoms with Gasteiger partial charge in [0.15, 0.2) is 5.82 Å². The molecule has 5 heteroatoms. The van der Waals surface area contributed by atoms with E-state index in [0.29, 0.717) is 12.0 Å². The maximum absolute atomic E-state index is 5.41. The van der Waals surface area contributed by atoms with E-state index in [0.717, 1.165) is 37.6 Å². The van der Waals surface area contributed by atoms with Gasteiger partial charge in [0.1, 0.15) is 0 Å². The number of nitrogens with zero attached hydrogens (tertiary/aromatic N) is 3. The molecule has 3 heterocycles. The fourth-order valence-corrected chi connectivity index (χ4v) is 3.67. The molecule has 2 aromatic heterocycles. The molecule has 1 atom stereocenters. The Bertz CT molecular complexity index is 561. The second-order valence-electron chi connectivity index (χ2n) is 5.79. The zero-order chi connectivity index (χ0) is 13.4. The van der Waals surface area contributed by atoms with Crippen LogP contribution in [0.4, 0.5) is 0 Å². The summed E-state index contributed by atoms with van der Waals surface area (Å²) in [5.41, 5.74) is 0. The molecule has 0 N–H and O–H groups in total. The van der Waals surface area contributed by atoms with Crippen molar-refractivity contribution in [2.75, 3.05) is 13.1 Å². The molecule has 1 saturated carbocycles. The lowest BCUT2D eigenvalue weighted by molar-refractivity contribution is 0.245. The van der Waals surface area contributed by atoms with Crippen LogP contribution in [-0.4, -0.2) is 28.1 Å². The summed E-state index contributed by atoms with van der Waals surface area (Å²) in [7, 11) is 0. The summed E-state index contributed by atoms with van der Waals surface area (Å²) in [4.78, 5) is 8.61. The summed E-state index contributed by atoms with van der Waals surface area (Å²) in [6, 6.07) is 4.71. The average molecular weight is 289 g/mol. The third-order valence-electron chi connectivity index (χ3n) is 4.27. The van der Waals surface area contributed by atoms with Crippen LogP contribution in [0.3, 0.4) is 0 Å². The van der Waals surface area contributed by atoms with E-state index in [9.17, 15) is 0 Å². The molecule has 20 heavy (non-hydrogen) atoms. The van der Waals surface area contributed by atoms with Crippen LogP contribution in [0.15, 0.2) is 22.0 Å². The summed E-state index contributed by atoms with van der Waals surface area (Å²) in [5, 5.41) is 6.38. The lowest BCUT2D eigenvalue weighted by atomic mass is 10.2. The Hall–Kier alpha value is -1.20. The third-order valence-corrected chi connectivity index (χ3v) is 5.21. The molecule has 2 fully saturated rings. The van der Waals surface area contributed by atoms with Crippen LogP contribution in [0, 0.1) is 0 Å². The van der Waals surface area contributed by atoms with Gasteiger partial charge in [-0.05, 0) is 50.1 Å². The van der Waals surface area contributed by atoms with Gasteiger partial charge in [-0.3, -0.25) is 4.90 Å². The molecule has 0 unspecified atom stereocenters. The van der Waals surface area contributed by atoms with E-state index >= 15 is 0 Å². The van der Waals surface area contributed by atoms with Crippen LogP contribution in [0.25, 0.3) is 0 Å². The molecule has 4 rings (SSSR count). The van der Waals surface area contributed by atoms with Gasteiger partial charge in [-0.15, -0.1) is 11.3 Å². The third kappa shape index (κ3) is 2.52. The smallest absolute Gasteiger partial charge is 0.229 e. The lowest BCUT2D eigenvalue weighted by Crippen LogP contribution is -2.26. The van der Waals surface area contributed by atoms with E-state index in [1.807, 2.05) is 11.3 Å². The molecule has 2 aromatic rings. The van der Waals surface area contributed by atoms with Crippen LogP contribution >= 0.6 is 11.3 Å². The number of hydrogen-bond acceptors (Lipinski definition) is 5. The minimum Gasteiger partial charge on any atom is -0.339 e. The molecule has 4 nitrogen and oxygen atoms in total. The molecule has 1 aliphatic heterocycles. The first kappa shape index (κ1) is 12.5. The maximum atomic E-state index is 5.41. The molecule has 0 spiro atoms. The number of rotatable bonds is 5. The van der Waals surface area contributed by atoms with Gasteiger partial charge in [0.05, 0.1) is 6.04 Å². The van der Waals surface area contributed by atoms with E-state index < -0.39 is 0 Å². The Labute approximate surface area is 122 Å². The second kappa shape index (κ2) is 5.30. The topological polar surface area (TPSA) is 42.2 Å². The summed E-state index contributed by atoms with van der Waals surface area (Å²) in [5.74, 6) is 2.33. The predicted molar refractivity (Wildman–Crippen MR) is 77.8 cm³/mol. The lowest BCUT2D eigenvalue weighted by Gasteiger charge is -2.21. The quantitative estimate of drug-likeness (QED) is 0.846. The summed E-state index contributed by atoms with van der Waals surface area (Å²) in [6.07, 6.45) is 5.96. The summed E-state index contributed by atoms with van der Waals surface area (Å²) in [6.45, 7) is 2.25. The van der Waals surface area contributed by atoms with Crippen molar-refractivity contribution in [1.29, 1.82) is 0 Å². The molecule has 1 aliphatic carbocycles. The van der Waals surface area contributed by atoms with Crippen molar-refractivity contribution < 1.29 is 4.52 Å². The average Bonchev–Trinajstić information content (AvgIpc) is 2.91. The Morgan fingerprint density at radius 1 is 1.35 bits per heavy atom. The first-order valence-electron chi connectivity index (χ1n) is 7.50. The highest BCUT2D eigenvalue weighted by Gasteiger charge is 2.33. The first-order valence-corrected chi connectivity index (χ1v) is 8.38. The van der Waals surface area contributed by atoms with Crippen molar-refractivity contribution in [3.63, 3.8) is 0 Å². The molecule has 106 valence electrons. The van der Waals surface area contributed by atoms with Crippen molar-refractivity contribution in [1.82, 2.24) is 15.0 Å². The normalized spacial score (nSPS) is 23.5. The van der Waals surface area contributed by atoms with Gasteiger partial charge in [-0.1, -0.05) is 11.2 Å². The van der Waals surface area contributed by atoms with Crippen molar-refractivity contribution in [2.24, 2.45) is 0 Å². The summed E-state index contributed by atoms with van der Waals surface area (Å²) >= 11 is 1.84. The standard InChI is InChI=1S/C15H19N3OS/c1-4-13(14-16-15(19-17-14)11-5-6-11)18(8-1)9-7-12-3-2-10-20-12/h2-3,10-11,13H,1,4-9H2/t13-/m1/s1. The van der Waals surface area contributed by atoms with Crippen molar-refractivity contribution in [3.8, 4) is 0 Å². The van der Waals surface area contributed by atoms with Crippen LogP contribution in [0.5, 0.6) is 0 Å². The fourth-order valence-electron chi connectivity index (χ4n) is 2.97. The highest BCUT2D eigenvalue weighted by Crippen LogP contribution is 2.40. The number of hydrogen-bond donors (Lipinski definition) is 0. The minimum atomic E-state index is 0.367. The summed E-state index contributed by atoms with van der Waals surface area (Å²) < 4.78 is 5.41. The fraction of sp³-hybridized carbons (Fsp3) is 0.600. The van der Waals surface area contributed by atoms with Gasteiger partial charge in [-0.25, -0.2) is 0 Å². The molecule has 0 radical (unpaired) electrons. The van der Waals surface area contributed by atoms with Gasteiger partial charge in [-0.2, -0.15) is 4.98 Å². The molecular formula is C15H19N3OS. The molecule has 0 bridgehead atoms. The molecule has 1 saturated heterocycles. The largest absolute Gasteiger partial charge is 0.339 e. The highest BCUT2D eigenvalue weighted by atomic mass is 32.1. The molecule has 0 aromatic carbocycles. The molecule has 2 aliphatic rings. The Morgan fingerprint density at radius 3 is 3.10 bits per heavy atom. The van der Waals surface area contributed by atoms with E-state index in [1.54, 1.807) is 0 Å². The predicted octanol–water partition coefficient (Wildman–Crippen LogP) is 3.39. The van der Waals surface area contributed by atoms with Crippen molar-refractivity contribution in [3.05, 3.63) is 34.1 Å². The minimum absolute atomic E-state index is 0.367. The maximum Gasteiger partial charge on any atom is 0.229 e. The van der Waals surface area contributed by atoms with Gasteiger partial charge in [0.25, 0.3) is 0 Å². The Balaban J connectivity index is 1.42. The zero-order valence-electron chi connectivity index (χ0n) is 11.5. The van der Waals surface area contributed by atoms with Crippen LogP contribution < -0.4 is 0 Å². The second-order valence-corrected chi connectivity index (χ2v) is 6.82. The number of thiophene rings is 1. The molecule has 0 amide bonds. The highest BCUT2D eigenvalue weighted by molar-refractivity contribution is 7.09. The van der Waals surface area contributed by atoms with E-state index in [-0.39, 0.29) is 0 Å².